The number of nitrogens with zero attached hydrogens (tertiary/aromatic N) is 1. The van der Waals surface area contributed by atoms with Crippen molar-refractivity contribution in [1.29, 1.82) is 0 Å². The minimum absolute atomic E-state index is 0.239. The molecule has 0 saturated carbocycles. The van der Waals surface area contributed by atoms with Crippen LogP contribution < -0.4 is 5.32 Å². The van der Waals surface area contributed by atoms with Gasteiger partial charge in [0, 0.05) is 5.56 Å². The number of ketones is 1. The number of aryl methyl sites for hydroxylation is 2. The molecule has 1 fully saturated rings. The number of carbonyl (C=O) groups excluding carboxylic acids is 3. The van der Waals surface area contributed by atoms with E-state index in [1.54, 1.807) is 19.1 Å². The molecule has 5 nitrogen and oxygen atoms in total. The van der Waals surface area contributed by atoms with Gasteiger partial charge in [0.2, 0.25) is 0 Å². The zero-order chi connectivity index (χ0) is 19.4. The number of carbonyl (C=O) groups is 3. The summed E-state index contributed by atoms with van der Waals surface area (Å²) in [4.78, 5) is 38.7. The van der Waals surface area contributed by atoms with Gasteiger partial charge < -0.3 is 5.32 Å². The second-order valence-electron chi connectivity index (χ2n) is 7.11. The highest BCUT2D eigenvalue weighted by atomic mass is 16.2. The minimum atomic E-state index is -0.987. The van der Waals surface area contributed by atoms with Crippen molar-refractivity contribution >= 4 is 17.7 Å². The molecule has 2 aromatic rings. The molecule has 1 saturated heterocycles. The van der Waals surface area contributed by atoms with Crippen molar-refractivity contribution in [2.45, 2.75) is 38.6 Å². The third-order valence-electron chi connectivity index (χ3n) is 5.09. The number of imide groups is 1. The van der Waals surface area contributed by atoms with Crippen LogP contribution in [0.4, 0.5) is 4.79 Å². The molecule has 27 heavy (non-hydrogen) atoms. The summed E-state index contributed by atoms with van der Waals surface area (Å²) in [5.74, 6) is -0.588. The molecule has 5 heteroatoms. The molecule has 1 heterocycles. The third-order valence-corrected chi connectivity index (χ3v) is 5.09. The Kier molecular flexibility index (Phi) is 5.40. The van der Waals surface area contributed by atoms with E-state index in [0.717, 1.165) is 22.4 Å². The Balaban J connectivity index is 1.66. The van der Waals surface area contributed by atoms with Crippen LogP contribution in [0.25, 0.3) is 0 Å². The predicted molar refractivity (Wildman–Crippen MR) is 104 cm³/mol. The summed E-state index contributed by atoms with van der Waals surface area (Å²) in [5.41, 5.74) is 1.76. The van der Waals surface area contributed by atoms with Crippen molar-refractivity contribution in [2.24, 2.45) is 0 Å². The van der Waals surface area contributed by atoms with Gasteiger partial charge in [-0.2, -0.15) is 0 Å². The lowest BCUT2D eigenvalue weighted by atomic mass is 9.93. The lowest BCUT2D eigenvalue weighted by Gasteiger charge is -2.21. The van der Waals surface area contributed by atoms with Crippen molar-refractivity contribution in [3.05, 3.63) is 71.3 Å². The van der Waals surface area contributed by atoms with E-state index in [-0.39, 0.29) is 18.2 Å². The smallest absolute Gasteiger partial charge is 0.323 e. The fraction of sp³-hybridized carbons (Fsp3) is 0.318. The summed E-state index contributed by atoms with van der Waals surface area (Å²) in [6, 6.07) is 16.6. The Labute approximate surface area is 159 Å². The number of urea groups is 1. The topological polar surface area (TPSA) is 66.5 Å². The lowest BCUT2D eigenvalue weighted by molar-refractivity contribution is -0.130. The van der Waals surface area contributed by atoms with Gasteiger partial charge >= 0.3 is 6.03 Å². The van der Waals surface area contributed by atoms with E-state index in [9.17, 15) is 14.4 Å². The Morgan fingerprint density at radius 2 is 1.67 bits per heavy atom. The molecule has 0 aliphatic carbocycles. The normalized spacial score (nSPS) is 19.3. The summed E-state index contributed by atoms with van der Waals surface area (Å²) in [7, 11) is 0. The third kappa shape index (κ3) is 4.08. The van der Waals surface area contributed by atoms with Crippen LogP contribution in [0.1, 0.15) is 41.8 Å². The average Bonchev–Trinajstić information content (AvgIpc) is 2.90. The molecule has 3 amide bonds. The molecule has 0 bridgehead atoms. The molecule has 0 unspecified atom stereocenters. The number of Topliss-reactive ketones (excluding diaryl/α,β-unsaturated/α-hetero) is 1. The number of amides is 3. The summed E-state index contributed by atoms with van der Waals surface area (Å²) in [6.45, 7) is 3.52. The van der Waals surface area contributed by atoms with Gasteiger partial charge in [-0.15, -0.1) is 0 Å². The van der Waals surface area contributed by atoms with Crippen LogP contribution in [0.5, 0.6) is 0 Å². The highest BCUT2D eigenvalue weighted by Crippen LogP contribution is 2.23. The number of nitrogens with one attached hydrogen (secondary N) is 1. The molecule has 3 rings (SSSR count). The first-order chi connectivity index (χ1) is 12.9. The summed E-state index contributed by atoms with van der Waals surface area (Å²) in [6.07, 6.45) is 2.04. The summed E-state index contributed by atoms with van der Waals surface area (Å²) < 4.78 is 0. The minimum Gasteiger partial charge on any atom is -0.323 e. The van der Waals surface area contributed by atoms with E-state index >= 15 is 0 Å². The number of hydrogen-bond acceptors (Lipinski definition) is 3. The van der Waals surface area contributed by atoms with Crippen LogP contribution in [-0.2, 0) is 17.6 Å². The standard InChI is InChI=1S/C22H24N2O3/c1-3-16-9-11-18(12-10-16)19(25)15-24-20(26)22(2,23-21(24)27)14-13-17-7-5-4-6-8-17/h4-12H,3,13-15H2,1-2H3,(H,23,27)/t22-/m1/s1. The van der Waals surface area contributed by atoms with Crippen LogP contribution in [0.2, 0.25) is 0 Å². The molecule has 2 aromatic carbocycles. The van der Waals surface area contributed by atoms with E-state index in [0.29, 0.717) is 18.4 Å². The van der Waals surface area contributed by atoms with Crippen molar-refractivity contribution in [3.63, 3.8) is 0 Å². The van der Waals surface area contributed by atoms with Crippen molar-refractivity contribution in [2.75, 3.05) is 6.54 Å². The van der Waals surface area contributed by atoms with E-state index in [2.05, 4.69) is 5.32 Å². The van der Waals surface area contributed by atoms with E-state index in [1.165, 1.54) is 0 Å². The maximum absolute atomic E-state index is 12.8. The highest BCUT2D eigenvalue weighted by Gasteiger charge is 2.47. The van der Waals surface area contributed by atoms with Crippen molar-refractivity contribution in [1.82, 2.24) is 10.2 Å². The number of rotatable bonds is 7. The lowest BCUT2D eigenvalue weighted by Crippen LogP contribution is -2.44. The zero-order valence-electron chi connectivity index (χ0n) is 15.7. The van der Waals surface area contributed by atoms with Gasteiger partial charge in [-0.25, -0.2) is 4.79 Å². The summed E-state index contributed by atoms with van der Waals surface area (Å²) >= 11 is 0. The quantitative estimate of drug-likeness (QED) is 0.605. The Bertz CT molecular complexity index is 846. The van der Waals surface area contributed by atoms with E-state index in [4.69, 9.17) is 0 Å². The maximum atomic E-state index is 12.8. The SMILES string of the molecule is CCc1ccc(C(=O)CN2C(=O)N[C@](C)(CCc3ccccc3)C2=O)cc1. The Hall–Kier alpha value is -2.95. The Morgan fingerprint density at radius 3 is 2.30 bits per heavy atom. The number of hydrogen-bond donors (Lipinski definition) is 1. The molecule has 0 spiro atoms. The molecule has 140 valence electrons. The van der Waals surface area contributed by atoms with Gasteiger partial charge in [-0.3, -0.25) is 14.5 Å². The molecule has 1 aliphatic rings. The largest absolute Gasteiger partial charge is 0.325 e. The molecule has 0 radical (unpaired) electrons. The summed E-state index contributed by atoms with van der Waals surface area (Å²) in [5, 5.41) is 2.76. The average molecular weight is 364 g/mol. The van der Waals surface area contributed by atoms with Gasteiger partial charge in [0.25, 0.3) is 5.91 Å². The molecule has 0 aromatic heterocycles. The van der Waals surface area contributed by atoms with Crippen LogP contribution >= 0.6 is 0 Å². The van der Waals surface area contributed by atoms with E-state index in [1.807, 2.05) is 49.4 Å². The van der Waals surface area contributed by atoms with Gasteiger partial charge in [-0.1, -0.05) is 61.5 Å². The van der Waals surface area contributed by atoms with Crippen LogP contribution in [0.15, 0.2) is 54.6 Å². The zero-order valence-corrected chi connectivity index (χ0v) is 15.7. The highest BCUT2D eigenvalue weighted by molar-refractivity contribution is 6.11. The fourth-order valence-corrected chi connectivity index (χ4v) is 3.26. The number of benzene rings is 2. The van der Waals surface area contributed by atoms with Crippen LogP contribution in [-0.4, -0.2) is 34.7 Å². The van der Waals surface area contributed by atoms with Gasteiger partial charge in [0.05, 0.1) is 6.54 Å². The molecule has 1 atom stereocenters. The predicted octanol–water partition coefficient (Wildman–Crippen LogP) is 3.38. The second kappa shape index (κ2) is 7.74. The van der Waals surface area contributed by atoms with Crippen molar-refractivity contribution < 1.29 is 14.4 Å². The van der Waals surface area contributed by atoms with Crippen LogP contribution in [0, 0.1) is 0 Å². The molecule has 1 N–H and O–H groups in total. The van der Waals surface area contributed by atoms with Gasteiger partial charge in [0.1, 0.15) is 5.54 Å². The first-order valence-electron chi connectivity index (χ1n) is 9.23. The van der Waals surface area contributed by atoms with Gasteiger partial charge in [-0.05, 0) is 37.3 Å². The Morgan fingerprint density at radius 1 is 1.00 bits per heavy atom. The molecular weight excluding hydrogens is 340 g/mol. The van der Waals surface area contributed by atoms with E-state index < -0.39 is 11.6 Å². The monoisotopic (exact) mass is 364 g/mol. The molecular formula is C22H24N2O3. The second-order valence-corrected chi connectivity index (χ2v) is 7.11. The van der Waals surface area contributed by atoms with Crippen molar-refractivity contribution in [3.8, 4) is 0 Å². The maximum Gasteiger partial charge on any atom is 0.325 e. The van der Waals surface area contributed by atoms with Crippen LogP contribution in [0.3, 0.4) is 0 Å². The fourth-order valence-electron chi connectivity index (χ4n) is 3.26. The first-order valence-corrected chi connectivity index (χ1v) is 9.23. The first kappa shape index (κ1) is 18.8. The molecule has 1 aliphatic heterocycles. The van der Waals surface area contributed by atoms with Gasteiger partial charge in [0.15, 0.2) is 5.78 Å².